The van der Waals surface area contributed by atoms with Crippen molar-refractivity contribution in [3.63, 3.8) is 0 Å². The van der Waals surface area contributed by atoms with Crippen molar-refractivity contribution < 1.29 is 23.7 Å². The number of carbonyl (C=O) groups is 1. The van der Waals surface area contributed by atoms with Crippen molar-refractivity contribution in [2.75, 3.05) is 21.0 Å². The van der Waals surface area contributed by atoms with Gasteiger partial charge in [-0.3, -0.25) is 9.59 Å². The lowest BCUT2D eigenvalue weighted by atomic mass is 9.90. The molecule has 2 aromatic carbocycles. The fraction of sp³-hybridized carbons (Fsp3) is 0.238. The number of benzene rings is 2. The molecule has 8 heteroatoms. The summed E-state index contributed by atoms with van der Waals surface area (Å²) >= 11 is 0. The first-order valence-corrected chi connectivity index (χ1v) is 9.09. The summed E-state index contributed by atoms with van der Waals surface area (Å²) in [7, 11) is 2.95. The van der Waals surface area contributed by atoms with Crippen LogP contribution in [0.5, 0.6) is 23.0 Å². The second-order valence-corrected chi connectivity index (χ2v) is 6.88. The first kappa shape index (κ1) is 17.4. The Bertz CT molecular complexity index is 1260. The highest BCUT2D eigenvalue weighted by molar-refractivity contribution is 6.12. The maximum absolute atomic E-state index is 13.5. The van der Waals surface area contributed by atoms with Gasteiger partial charge in [-0.2, -0.15) is 0 Å². The van der Waals surface area contributed by atoms with Crippen molar-refractivity contribution >= 4 is 16.7 Å². The van der Waals surface area contributed by atoms with Crippen molar-refractivity contribution in [1.82, 2.24) is 4.57 Å². The highest BCUT2D eigenvalue weighted by atomic mass is 16.7. The zero-order valence-corrected chi connectivity index (χ0v) is 15.9. The fourth-order valence-electron chi connectivity index (χ4n) is 4.23. The fourth-order valence-corrected chi connectivity index (χ4v) is 4.23. The van der Waals surface area contributed by atoms with Crippen LogP contribution < -0.4 is 30.2 Å². The Kier molecular flexibility index (Phi) is 3.70. The Labute approximate surface area is 165 Å². The number of fused-ring (bicyclic) bond motifs is 5. The Morgan fingerprint density at radius 3 is 2.59 bits per heavy atom. The predicted octanol–water partition coefficient (Wildman–Crippen LogP) is 2.07. The van der Waals surface area contributed by atoms with Gasteiger partial charge in [-0.15, -0.1) is 0 Å². The summed E-state index contributed by atoms with van der Waals surface area (Å²) in [6.07, 6.45) is 0.606. The summed E-state index contributed by atoms with van der Waals surface area (Å²) in [4.78, 5) is 26.0. The number of aromatic nitrogens is 1. The quantitative estimate of drug-likeness (QED) is 0.730. The molecular weight excluding hydrogens is 376 g/mol. The maximum atomic E-state index is 13.5. The molecule has 1 aromatic heterocycles. The van der Waals surface area contributed by atoms with Gasteiger partial charge in [0.15, 0.2) is 23.0 Å². The van der Waals surface area contributed by atoms with Crippen LogP contribution in [0.1, 0.15) is 15.9 Å². The highest BCUT2D eigenvalue weighted by Gasteiger charge is 2.30. The molecule has 3 heterocycles. The second-order valence-electron chi connectivity index (χ2n) is 6.88. The number of nitrogens with two attached hydrogens (primary N) is 1. The highest BCUT2D eigenvalue weighted by Crippen LogP contribution is 2.44. The molecule has 5 rings (SSSR count). The third-order valence-electron chi connectivity index (χ3n) is 5.49. The van der Waals surface area contributed by atoms with Crippen LogP contribution in [0, 0.1) is 0 Å². The molecule has 148 valence electrons. The number of hydrogen-bond donors (Lipinski definition) is 1. The van der Waals surface area contributed by atoms with Crippen LogP contribution in [0.4, 0.5) is 0 Å². The van der Waals surface area contributed by atoms with Crippen LogP contribution in [0.2, 0.25) is 0 Å². The minimum atomic E-state index is -0.628. The smallest absolute Gasteiger partial charge is 0.262 e. The van der Waals surface area contributed by atoms with Gasteiger partial charge >= 0.3 is 0 Å². The van der Waals surface area contributed by atoms with Crippen molar-refractivity contribution in [2.24, 2.45) is 5.73 Å². The van der Waals surface area contributed by atoms with E-state index < -0.39 is 5.91 Å². The van der Waals surface area contributed by atoms with Gasteiger partial charge in [-0.1, -0.05) is 0 Å². The average Bonchev–Trinajstić information content (AvgIpc) is 3.18. The summed E-state index contributed by atoms with van der Waals surface area (Å²) in [6.45, 7) is 0.541. The second kappa shape index (κ2) is 6.16. The molecule has 2 aliphatic rings. The topological polar surface area (TPSA) is 102 Å². The number of carbonyl (C=O) groups excluding carboxylic acids is 1. The lowest BCUT2D eigenvalue weighted by molar-refractivity contribution is 0.100. The number of amides is 1. The predicted molar refractivity (Wildman–Crippen MR) is 105 cm³/mol. The van der Waals surface area contributed by atoms with Crippen molar-refractivity contribution in [3.8, 4) is 34.3 Å². The number of ether oxygens (including phenoxy) is 4. The van der Waals surface area contributed by atoms with Crippen LogP contribution in [0.15, 0.2) is 29.1 Å². The lowest BCUT2D eigenvalue weighted by Crippen LogP contribution is -2.30. The van der Waals surface area contributed by atoms with Crippen molar-refractivity contribution in [3.05, 3.63) is 45.7 Å². The molecule has 29 heavy (non-hydrogen) atoms. The van der Waals surface area contributed by atoms with Gasteiger partial charge in [0.25, 0.3) is 11.5 Å². The van der Waals surface area contributed by atoms with Gasteiger partial charge in [0, 0.05) is 17.5 Å². The molecule has 2 aliphatic heterocycles. The van der Waals surface area contributed by atoms with Crippen molar-refractivity contribution in [1.29, 1.82) is 0 Å². The van der Waals surface area contributed by atoms with E-state index in [9.17, 15) is 9.59 Å². The Morgan fingerprint density at radius 2 is 1.90 bits per heavy atom. The summed E-state index contributed by atoms with van der Waals surface area (Å²) in [5.74, 6) is 1.30. The van der Waals surface area contributed by atoms with Gasteiger partial charge in [0.05, 0.1) is 30.9 Å². The zero-order valence-electron chi connectivity index (χ0n) is 15.9. The van der Waals surface area contributed by atoms with E-state index in [1.54, 1.807) is 22.8 Å². The van der Waals surface area contributed by atoms with E-state index >= 15 is 0 Å². The van der Waals surface area contributed by atoms with Crippen LogP contribution in [0.3, 0.4) is 0 Å². The molecule has 0 radical (unpaired) electrons. The minimum Gasteiger partial charge on any atom is -0.493 e. The Morgan fingerprint density at radius 1 is 1.14 bits per heavy atom. The third kappa shape index (κ3) is 2.32. The molecule has 8 nitrogen and oxygen atoms in total. The van der Waals surface area contributed by atoms with Gasteiger partial charge in [-0.25, -0.2) is 0 Å². The van der Waals surface area contributed by atoms with Crippen LogP contribution in [-0.2, 0) is 13.0 Å². The third-order valence-corrected chi connectivity index (χ3v) is 5.49. The lowest BCUT2D eigenvalue weighted by Gasteiger charge is -2.26. The first-order chi connectivity index (χ1) is 14.0. The molecule has 0 atom stereocenters. The molecule has 0 saturated carbocycles. The summed E-state index contributed by atoms with van der Waals surface area (Å²) < 4.78 is 23.3. The van der Waals surface area contributed by atoms with E-state index in [-0.39, 0.29) is 29.1 Å². The number of rotatable bonds is 3. The SMILES string of the molecule is COc1ccc2c(C(N)=O)c3n(c(=O)c2c1OC)CCc1cc2c(cc1-3)OCO2. The van der Waals surface area contributed by atoms with Crippen LogP contribution in [0.25, 0.3) is 22.0 Å². The summed E-state index contributed by atoms with van der Waals surface area (Å²) in [5.41, 5.74) is 8.00. The first-order valence-electron chi connectivity index (χ1n) is 9.09. The number of aryl methyl sites for hydroxylation is 1. The van der Waals surface area contributed by atoms with E-state index in [1.165, 1.54) is 14.2 Å². The number of nitrogens with zero attached hydrogens (tertiary/aromatic N) is 1. The van der Waals surface area contributed by atoms with Crippen molar-refractivity contribution in [2.45, 2.75) is 13.0 Å². The summed E-state index contributed by atoms with van der Waals surface area (Å²) in [5, 5.41) is 0.700. The maximum Gasteiger partial charge on any atom is 0.262 e. The van der Waals surface area contributed by atoms with E-state index in [1.807, 2.05) is 6.07 Å². The van der Waals surface area contributed by atoms with E-state index in [0.29, 0.717) is 41.3 Å². The number of hydrogen-bond acceptors (Lipinski definition) is 6. The molecule has 0 aliphatic carbocycles. The zero-order chi connectivity index (χ0) is 20.3. The Hall–Kier alpha value is -3.68. The minimum absolute atomic E-state index is 0.141. The van der Waals surface area contributed by atoms with E-state index in [0.717, 1.165) is 11.1 Å². The molecule has 0 unspecified atom stereocenters. The van der Waals surface area contributed by atoms with E-state index in [4.69, 9.17) is 24.7 Å². The normalized spacial score (nSPS) is 13.7. The number of methoxy groups -OCH3 is 2. The molecule has 0 bridgehead atoms. The van der Waals surface area contributed by atoms with Gasteiger partial charge in [0.2, 0.25) is 6.79 Å². The molecule has 0 spiro atoms. The van der Waals surface area contributed by atoms with Gasteiger partial charge in [-0.05, 0) is 36.2 Å². The molecular formula is C21H18N2O6. The summed E-state index contributed by atoms with van der Waals surface area (Å²) in [6, 6.07) is 7.03. The van der Waals surface area contributed by atoms with E-state index in [2.05, 4.69) is 0 Å². The Balaban J connectivity index is 1.94. The molecule has 1 amide bonds. The van der Waals surface area contributed by atoms with Gasteiger partial charge < -0.3 is 29.2 Å². The standard InChI is InChI=1S/C21H18N2O6/c1-26-13-4-3-11-16(20(22)24)18-12-8-15-14(28-9-29-15)7-10(12)5-6-23(18)21(25)17(11)19(13)27-2/h3-4,7-8H,5-6,9H2,1-2H3,(H2,22,24). The average molecular weight is 394 g/mol. The van der Waals surface area contributed by atoms with Crippen LogP contribution in [-0.4, -0.2) is 31.5 Å². The largest absolute Gasteiger partial charge is 0.493 e. The molecule has 2 N–H and O–H groups in total. The molecule has 3 aromatic rings. The van der Waals surface area contributed by atoms with Gasteiger partial charge in [0.1, 0.15) is 0 Å². The molecule has 0 saturated heterocycles. The number of primary amides is 1. The number of pyridine rings is 1. The molecule has 0 fully saturated rings. The monoisotopic (exact) mass is 394 g/mol. The van der Waals surface area contributed by atoms with Crippen LogP contribution >= 0.6 is 0 Å².